The topological polar surface area (TPSA) is 47.0 Å². The Hall–Kier alpha value is -0.940. The van der Waals surface area contributed by atoms with Gasteiger partial charge in [-0.1, -0.05) is 12.1 Å². The average molecular weight is 227 g/mol. The Morgan fingerprint density at radius 1 is 1.43 bits per heavy atom. The molecule has 2 rings (SSSR count). The molecule has 0 unspecified atom stereocenters. The molecule has 0 radical (unpaired) electrons. The smallest absolute Gasteiger partial charge is 0.151 e. The molecule has 74 valence electrons. The van der Waals surface area contributed by atoms with Crippen LogP contribution in [0.1, 0.15) is 5.56 Å². The van der Waals surface area contributed by atoms with Gasteiger partial charge >= 0.3 is 0 Å². The first-order valence-corrected chi connectivity index (χ1v) is 6.90. The molecule has 0 amide bonds. The van der Waals surface area contributed by atoms with Gasteiger partial charge in [0, 0.05) is 17.8 Å². The van der Waals surface area contributed by atoms with Crippen LogP contribution >= 0.6 is 11.5 Å². The maximum absolute atomic E-state index is 11.1. The lowest BCUT2D eigenvalue weighted by Crippen LogP contribution is -2.00. The number of hydrogen-bond acceptors (Lipinski definition) is 4. The molecule has 3 nitrogen and oxygen atoms in total. The van der Waals surface area contributed by atoms with E-state index < -0.39 is 9.84 Å². The van der Waals surface area contributed by atoms with Crippen LogP contribution in [0.4, 0.5) is 0 Å². The van der Waals surface area contributed by atoms with Crippen LogP contribution in [0, 0.1) is 0 Å². The van der Waals surface area contributed by atoms with E-state index in [4.69, 9.17) is 0 Å². The third-order valence-corrected chi connectivity index (χ3v) is 3.51. The van der Waals surface area contributed by atoms with Crippen molar-refractivity contribution in [2.75, 3.05) is 6.26 Å². The van der Waals surface area contributed by atoms with E-state index in [1.165, 1.54) is 17.8 Å². The van der Waals surface area contributed by atoms with Gasteiger partial charge in [-0.05, 0) is 23.2 Å². The van der Waals surface area contributed by atoms with Gasteiger partial charge in [0.1, 0.15) is 0 Å². The van der Waals surface area contributed by atoms with Gasteiger partial charge in [-0.3, -0.25) is 0 Å². The van der Waals surface area contributed by atoms with Gasteiger partial charge in [0.05, 0.1) is 10.5 Å². The molecule has 0 aliphatic carbocycles. The predicted octanol–water partition coefficient (Wildman–Crippen LogP) is 1.84. The largest absolute Gasteiger partial charge is 0.229 e. The summed E-state index contributed by atoms with van der Waals surface area (Å²) >= 11 is 1.38. The van der Waals surface area contributed by atoms with E-state index in [2.05, 4.69) is 4.37 Å². The van der Waals surface area contributed by atoms with Crippen molar-refractivity contribution in [1.82, 2.24) is 4.37 Å². The van der Waals surface area contributed by atoms with E-state index in [0.29, 0.717) is 0 Å². The van der Waals surface area contributed by atoms with Crippen LogP contribution in [0.2, 0.25) is 0 Å². The Bertz CT molecular complexity index is 557. The molecule has 0 bridgehead atoms. The standard InChI is InChI=1S/C9H9NO2S2/c1-14(11,12)6-7-3-2-4-9-8(7)5-10-13-9/h2-5H,6H2,1H3. The van der Waals surface area contributed by atoms with Gasteiger partial charge in [-0.15, -0.1) is 0 Å². The van der Waals surface area contributed by atoms with Gasteiger partial charge < -0.3 is 0 Å². The monoisotopic (exact) mass is 227 g/mol. The SMILES string of the molecule is CS(=O)(=O)Cc1cccc2sncc12. The van der Waals surface area contributed by atoms with Crippen LogP contribution in [0.5, 0.6) is 0 Å². The fraction of sp³-hybridized carbons (Fsp3) is 0.222. The molecule has 0 saturated heterocycles. The van der Waals surface area contributed by atoms with Crippen LogP contribution in [0.15, 0.2) is 24.4 Å². The third kappa shape index (κ3) is 1.93. The molecule has 0 atom stereocenters. The number of benzene rings is 1. The van der Waals surface area contributed by atoms with E-state index in [-0.39, 0.29) is 5.75 Å². The zero-order chi connectivity index (χ0) is 10.2. The van der Waals surface area contributed by atoms with Crippen LogP contribution in [0.25, 0.3) is 10.1 Å². The number of aromatic nitrogens is 1. The van der Waals surface area contributed by atoms with Crippen molar-refractivity contribution in [2.24, 2.45) is 0 Å². The summed E-state index contributed by atoms with van der Waals surface area (Å²) < 4.78 is 27.4. The second-order valence-corrected chi connectivity index (χ2v) is 6.20. The van der Waals surface area contributed by atoms with Crippen molar-refractivity contribution >= 4 is 31.5 Å². The first kappa shape index (κ1) is 9.61. The van der Waals surface area contributed by atoms with Crippen molar-refractivity contribution in [3.63, 3.8) is 0 Å². The van der Waals surface area contributed by atoms with E-state index in [1.807, 2.05) is 18.2 Å². The van der Waals surface area contributed by atoms with Gasteiger partial charge in [0.25, 0.3) is 0 Å². The van der Waals surface area contributed by atoms with Crippen LogP contribution in [0.3, 0.4) is 0 Å². The van der Waals surface area contributed by atoms with Gasteiger partial charge in [0.15, 0.2) is 9.84 Å². The minimum atomic E-state index is -2.97. The quantitative estimate of drug-likeness (QED) is 0.786. The predicted molar refractivity (Wildman–Crippen MR) is 58.2 cm³/mol. The Morgan fingerprint density at radius 2 is 2.21 bits per heavy atom. The lowest BCUT2D eigenvalue weighted by Gasteiger charge is -1.99. The van der Waals surface area contributed by atoms with Crippen molar-refractivity contribution < 1.29 is 8.42 Å². The summed E-state index contributed by atoms with van der Waals surface area (Å²) in [7, 11) is -2.97. The first-order valence-electron chi connectivity index (χ1n) is 4.06. The second-order valence-electron chi connectivity index (χ2n) is 3.22. The van der Waals surface area contributed by atoms with Crippen LogP contribution in [-0.4, -0.2) is 19.0 Å². The van der Waals surface area contributed by atoms with Crippen molar-refractivity contribution in [3.8, 4) is 0 Å². The van der Waals surface area contributed by atoms with E-state index >= 15 is 0 Å². The summed E-state index contributed by atoms with van der Waals surface area (Å²) in [6.45, 7) is 0. The fourth-order valence-corrected chi connectivity index (χ4v) is 2.87. The van der Waals surface area contributed by atoms with Gasteiger partial charge in [-0.2, -0.15) is 4.37 Å². The molecule has 5 heteroatoms. The molecule has 1 heterocycles. The molecule has 1 aromatic heterocycles. The third-order valence-electron chi connectivity index (χ3n) is 1.91. The lowest BCUT2D eigenvalue weighted by atomic mass is 10.2. The Balaban J connectivity index is 2.57. The molecule has 0 saturated carbocycles. The molecule has 0 fully saturated rings. The molecule has 14 heavy (non-hydrogen) atoms. The summed E-state index contributed by atoms with van der Waals surface area (Å²) in [5.41, 5.74) is 0.832. The Morgan fingerprint density at radius 3 is 2.93 bits per heavy atom. The van der Waals surface area contributed by atoms with Crippen molar-refractivity contribution in [3.05, 3.63) is 30.0 Å². The lowest BCUT2D eigenvalue weighted by molar-refractivity contribution is 0.601. The fourth-order valence-electron chi connectivity index (χ4n) is 1.36. The minimum Gasteiger partial charge on any atom is -0.229 e. The van der Waals surface area contributed by atoms with Crippen LogP contribution < -0.4 is 0 Å². The summed E-state index contributed by atoms with van der Waals surface area (Å²) in [4.78, 5) is 0. The number of sulfone groups is 1. The normalized spacial score (nSPS) is 12.1. The summed E-state index contributed by atoms with van der Waals surface area (Å²) in [5.74, 6) is 0.0861. The highest BCUT2D eigenvalue weighted by Crippen LogP contribution is 2.22. The molecule has 1 aromatic carbocycles. The highest BCUT2D eigenvalue weighted by Gasteiger charge is 2.08. The van der Waals surface area contributed by atoms with E-state index in [0.717, 1.165) is 15.6 Å². The number of rotatable bonds is 2. The number of fused-ring (bicyclic) bond motifs is 1. The van der Waals surface area contributed by atoms with E-state index in [1.54, 1.807) is 6.20 Å². The number of nitrogens with zero attached hydrogens (tertiary/aromatic N) is 1. The maximum atomic E-state index is 11.1. The molecular formula is C9H9NO2S2. The Labute approximate surface area is 86.5 Å². The minimum absolute atomic E-state index is 0.0861. The highest BCUT2D eigenvalue weighted by atomic mass is 32.2. The Kier molecular flexibility index (Phi) is 2.28. The van der Waals surface area contributed by atoms with Crippen LogP contribution in [-0.2, 0) is 15.6 Å². The molecule has 0 aliphatic rings. The average Bonchev–Trinajstić information content (AvgIpc) is 2.49. The molecule has 2 aromatic rings. The van der Waals surface area contributed by atoms with Gasteiger partial charge in [-0.25, -0.2) is 8.42 Å². The molecule has 0 N–H and O–H groups in total. The first-order chi connectivity index (χ1) is 6.56. The molecule has 0 spiro atoms. The van der Waals surface area contributed by atoms with Crippen molar-refractivity contribution in [1.29, 1.82) is 0 Å². The van der Waals surface area contributed by atoms with E-state index in [9.17, 15) is 8.42 Å². The zero-order valence-corrected chi connectivity index (χ0v) is 9.23. The molecular weight excluding hydrogens is 218 g/mol. The second kappa shape index (κ2) is 3.33. The summed E-state index contributed by atoms with van der Waals surface area (Å²) in [6.07, 6.45) is 2.96. The maximum Gasteiger partial charge on any atom is 0.151 e. The highest BCUT2D eigenvalue weighted by molar-refractivity contribution is 7.89. The zero-order valence-electron chi connectivity index (χ0n) is 7.60. The van der Waals surface area contributed by atoms with Gasteiger partial charge in [0.2, 0.25) is 0 Å². The summed E-state index contributed by atoms with van der Waals surface area (Å²) in [6, 6.07) is 5.64. The summed E-state index contributed by atoms with van der Waals surface area (Å²) in [5, 5.41) is 0.947. The number of hydrogen-bond donors (Lipinski definition) is 0. The van der Waals surface area contributed by atoms with Crippen molar-refractivity contribution in [2.45, 2.75) is 5.75 Å². The molecule has 0 aliphatic heterocycles.